The highest BCUT2D eigenvalue weighted by Crippen LogP contribution is 2.19. The zero-order chi connectivity index (χ0) is 21.0. The van der Waals surface area contributed by atoms with Gasteiger partial charge in [-0.25, -0.2) is 4.68 Å². The van der Waals surface area contributed by atoms with Crippen LogP contribution in [0.3, 0.4) is 0 Å². The van der Waals surface area contributed by atoms with Crippen LogP contribution < -0.4 is 5.32 Å². The predicted molar refractivity (Wildman–Crippen MR) is 112 cm³/mol. The van der Waals surface area contributed by atoms with Crippen LogP contribution >= 0.6 is 11.6 Å². The van der Waals surface area contributed by atoms with Crippen molar-refractivity contribution in [3.05, 3.63) is 76.6 Å². The van der Waals surface area contributed by atoms with E-state index in [-0.39, 0.29) is 6.42 Å². The van der Waals surface area contributed by atoms with Crippen LogP contribution in [0.5, 0.6) is 0 Å². The van der Waals surface area contributed by atoms with E-state index in [1.807, 2.05) is 44.2 Å². The Bertz CT molecular complexity index is 1010. The van der Waals surface area contributed by atoms with Crippen LogP contribution in [0.15, 0.2) is 54.6 Å². The van der Waals surface area contributed by atoms with E-state index in [0.717, 1.165) is 22.6 Å². The molecule has 6 nitrogen and oxygen atoms in total. The highest BCUT2D eigenvalue weighted by atomic mass is 35.5. The summed E-state index contributed by atoms with van der Waals surface area (Å²) in [6.07, 6.45) is -0.883. The van der Waals surface area contributed by atoms with Gasteiger partial charge in [-0.2, -0.15) is 5.10 Å². The van der Waals surface area contributed by atoms with E-state index in [1.54, 1.807) is 28.9 Å². The monoisotopic (exact) mass is 411 g/mol. The molecule has 1 aromatic heterocycles. The molecule has 2 aromatic carbocycles. The fourth-order valence-corrected chi connectivity index (χ4v) is 3.09. The number of esters is 1. The van der Waals surface area contributed by atoms with Crippen LogP contribution in [0.2, 0.25) is 5.02 Å². The van der Waals surface area contributed by atoms with Gasteiger partial charge in [-0.3, -0.25) is 9.59 Å². The lowest BCUT2D eigenvalue weighted by atomic mass is 10.1. The number of carbonyl (C=O) groups is 2. The maximum atomic E-state index is 12.4. The van der Waals surface area contributed by atoms with Gasteiger partial charge in [0.2, 0.25) is 0 Å². The molecule has 1 amide bonds. The van der Waals surface area contributed by atoms with Crippen LogP contribution in [-0.4, -0.2) is 27.8 Å². The van der Waals surface area contributed by atoms with Crippen molar-refractivity contribution in [1.29, 1.82) is 0 Å². The zero-order valence-corrected chi connectivity index (χ0v) is 17.2. The SMILES string of the molecule is Cc1nn(-c2ccccc2)c(C)c1CC(=O)O[C@@H](C)C(=O)Nc1ccc(Cl)cc1. The zero-order valence-electron chi connectivity index (χ0n) is 16.5. The van der Waals surface area contributed by atoms with Gasteiger partial charge in [-0.15, -0.1) is 0 Å². The number of carbonyl (C=O) groups excluding carboxylic acids is 2. The number of hydrogen-bond acceptors (Lipinski definition) is 4. The highest BCUT2D eigenvalue weighted by molar-refractivity contribution is 6.30. The molecule has 0 unspecified atom stereocenters. The molecule has 0 aliphatic heterocycles. The minimum atomic E-state index is -0.928. The topological polar surface area (TPSA) is 73.2 Å². The Hall–Kier alpha value is -3.12. The van der Waals surface area contributed by atoms with E-state index < -0.39 is 18.0 Å². The first-order valence-electron chi connectivity index (χ1n) is 9.21. The lowest BCUT2D eigenvalue weighted by Crippen LogP contribution is -2.30. The highest BCUT2D eigenvalue weighted by Gasteiger charge is 2.21. The van der Waals surface area contributed by atoms with Crippen molar-refractivity contribution in [2.24, 2.45) is 0 Å². The summed E-state index contributed by atoms with van der Waals surface area (Å²) < 4.78 is 7.12. The van der Waals surface area contributed by atoms with E-state index in [2.05, 4.69) is 10.4 Å². The third kappa shape index (κ3) is 5.03. The number of para-hydroxylation sites is 1. The minimum absolute atomic E-state index is 0.0447. The first kappa shape index (κ1) is 20.6. The summed E-state index contributed by atoms with van der Waals surface area (Å²) in [5, 5.41) is 7.80. The van der Waals surface area contributed by atoms with E-state index in [0.29, 0.717) is 10.7 Å². The number of halogens is 1. The number of rotatable bonds is 6. The van der Waals surface area contributed by atoms with Crippen molar-refractivity contribution in [1.82, 2.24) is 9.78 Å². The normalized spacial score (nSPS) is 11.7. The van der Waals surface area contributed by atoms with Gasteiger partial charge < -0.3 is 10.1 Å². The summed E-state index contributed by atoms with van der Waals surface area (Å²) in [5.41, 5.74) is 3.91. The molecular formula is C22H22ClN3O3. The number of nitrogens with zero attached hydrogens (tertiary/aromatic N) is 2. The standard InChI is InChI=1S/C22H22ClN3O3/c1-14-20(15(2)26(25-14)19-7-5-4-6-8-19)13-21(27)29-16(3)22(28)24-18-11-9-17(23)10-12-18/h4-12,16H,13H2,1-3H3,(H,24,28)/t16-/m0/s1. The Labute approximate surface area is 174 Å². The van der Waals surface area contributed by atoms with Gasteiger partial charge in [-0.1, -0.05) is 29.8 Å². The third-order valence-corrected chi connectivity index (χ3v) is 4.80. The number of aromatic nitrogens is 2. The number of nitrogens with one attached hydrogen (secondary N) is 1. The Balaban J connectivity index is 1.64. The molecule has 3 aromatic rings. The van der Waals surface area contributed by atoms with Crippen molar-refractivity contribution in [3.63, 3.8) is 0 Å². The summed E-state index contributed by atoms with van der Waals surface area (Å²) in [6.45, 7) is 5.30. The van der Waals surface area contributed by atoms with Crippen LogP contribution in [-0.2, 0) is 20.7 Å². The van der Waals surface area contributed by atoms with E-state index in [9.17, 15) is 9.59 Å². The lowest BCUT2D eigenvalue weighted by Gasteiger charge is -2.14. The minimum Gasteiger partial charge on any atom is -0.452 e. The molecule has 1 atom stereocenters. The molecule has 0 bridgehead atoms. The molecular weight excluding hydrogens is 390 g/mol. The summed E-state index contributed by atoms with van der Waals surface area (Å²) in [4.78, 5) is 24.7. The number of anilines is 1. The smallest absolute Gasteiger partial charge is 0.311 e. The molecule has 0 saturated heterocycles. The number of benzene rings is 2. The number of aryl methyl sites for hydroxylation is 1. The molecule has 0 radical (unpaired) electrons. The van der Waals surface area contributed by atoms with Gasteiger partial charge in [0.15, 0.2) is 6.10 Å². The molecule has 1 N–H and O–H groups in total. The van der Waals surface area contributed by atoms with Gasteiger partial charge in [-0.05, 0) is 57.2 Å². The summed E-state index contributed by atoms with van der Waals surface area (Å²) >= 11 is 5.83. The fourth-order valence-electron chi connectivity index (χ4n) is 2.97. The average molecular weight is 412 g/mol. The summed E-state index contributed by atoms with van der Waals surface area (Å²) in [5.74, 6) is -0.892. The van der Waals surface area contributed by atoms with Crippen molar-refractivity contribution in [2.75, 3.05) is 5.32 Å². The summed E-state index contributed by atoms with van der Waals surface area (Å²) in [6, 6.07) is 16.4. The molecule has 29 heavy (non-hydrogen) atoms. The molecule has 1 heterocycles. The van der Waals surface area contributed by atoms with E-state index >= 15 is 0 Å². The fraction of sp³-hybridized carbons (Fsp3) is 0.227. The molecule has 0 spiro atoms. The number of amides is 1. The van der Waals surface area contributed by atoms with Crippen molar-refractivity contribution in [2.45, 2.75) is 33.3 Å². The molecule has 150 valence electrons. The maximum Gasteiger partial charge on any atom is 0.311 e. The molecule has 0 saturated carbocycles. The van der Waals surface area contributed by atoms with Crippen LogP contribution in [0, 0.1) is 13.8 Å². The third-order valence-electron chi connectivity index (χ3n) is 4.55. The quantitative estimate of drug-likeness (QED) is 0.615. The van der Waals surface area contributed by atoms with Gasteiger partial charge in [0.1, 0.15) is 0 Å². The van der Waals surface area contributed by atoms with Gasteiger partial charge in [0.25, 0.3) is 5.91 Å². The van der Waals surface area contributed by atoms with Crippen LogP contribution in [0.1, 0.15) is 23.9 Å². The number of ether oxygens (including phenoxy) is 1. The first-order valence-corrected chi connectivity index (χ1v) is 9.59. The first-order chi connectivity index (χ1) is 13.8. The Morgan fingerprint density at radius 3 is 2.41 bits per heavy atom. The van der Waals surface area contributed by atoms with Crippen LogP contribution in [0.4, 0.5) is 5.69 Å². The van der Waals surface area contributed by atoms with Gasteiger partial charge in [0.05, 0.1) is 17.8 Å². The van der Waals surface area contributed by atoms with Crippen LogP contribution in [0.25, 0.3) is 5.69 Å². The predicted octanol–water partition coefficient (Wildman–Crippen LogP) is 4.26. The largest absolute Gasteiger partial charge is 0.452 e. The van der Waals surface area contributed by atoms with Crippen molar-refractivity contribution in [3.8, 4) is 5.69 Å². The second-order valence-corrected chi connectivity index (χ2v) is 7.14. The van der Waals surface area contributed by atoms with Crippen molar-refractivity contribution >= 4 is 29.2 Å². The maximum absolute atomic E-state index is 12.4. The molecule has 0 fully saturated rings. The molecule has 3 rings (SSSR count). The van der Waals surface area contributed by atoms with E-state index in [1.165, 1.54) is 6.92 Å². The van der Waals surface area contributed by atoms with Crippen molar-refractivity contribution < 1.29 is 14.3 Å². The summed E-state index contributed by atoms with van der Waals surface area (Å²) in [7, 11) is 0. The molecule has 7 heteroatoms. The average Bonchev–Trinajstić information content (AvgIpc) is 2.98. The Kier molecular flexibility index (Phi) is 6.34. The van der Waals surface area contributed by atoms with Gasteiger partial charge in [0, 0.05) is 22.0 Å². The van der Waals surface area contributed by atoms with Gasteiger partial charge >= 0.3 is 5.97 Å². The lowest BCUT2D eigenvalue weighted by molar-refractivity contribution is -0.152. The Morgan fingerprint density at radius 2 is 1.76 bits per heavy atom. The second-order valence-electron chi connectivity index (χ2n) is 6.70. The Morgan fingerprint density at radius 1 is 1.10 bits per heavy atom. The molecule has 0 aliphatic rings. The molecule has 0 aliphatic carbocycles. The second kappa shape index (κ2) is 8.92. The number of hydrogen-bond donors (Lipinski definition) is 1. The van der Waals surface area contributed by atoms with E-state index in [4.69, 9.17) is 16.3 Å².